The smallest absolute Gasteiger partial charge is 0.0414 e. The van der Waals surface area contributed by atoms with E-state index >= 15 is 0 Å². The van der Waals surface area contributed by atoms with Crippen molar-refractivity contribution in [3.05, 3.63) is 29.8 Å². The van der Waals surface area contributed by atoms with Gasteiger partial charge in [0.25, 0.3) is 0 Å². The lowest BCUT2D eigenvalue weighted by Gasteiger charge is -2.41. The molecule has 0 saturated carbocycles. The number of hydrogen-bond acceptors (Lipinski definition) is 2. The van der Waals surface area contributed by atoms with Crippen molar-refractivity contribution in [1.29, 1.82) is 0 Å². The van der Waals surface area contributed by atoms with Gasteiger partial charge >= 0.3 is 0 Å². The monoisotopic (exact) mass is 246 g/mol. The van der Waals surface area contributed by atoms with Gasteiger partial charge in [-0.05, 0) is 36.8 Å². The van der Waals surface area contributed by atoms with Gasteiger partial charge in [0.1, 0.15) is 0 Å². The molecule has 0 amide bonds. The number of para-hydroxylation sites is 1. The largest absolute Gasteiger partial charge is 0.371 e. The van der Waals surface area contributed by atoms with Crippen LogP contribution in [0.15, 0.2) is 24.3 Å². The number of piperidine rings is 1. The van der Waals surface area contributed by atoms with Crippen LogP contribution in [0.25, 0.3) is 0 Å². The molecule has 1 aromatic carbocycles. The van der Waals surface area contributed by atoms with Crippen molar-refractivity contribution in [2.24, 2.45) is 11.1 Å². The summed E-state index contributed by atoms with van der Waals surface area (Å²) < 4.78 is 0. The molecule has 1 aromatic rings. The van der Waals surface area contributed by atoms with Crippen LogP contribution in [-0.4, -0.2) is 13.1 Å². The highest BCUT2D eigenvalue weighted by Gasteiger charge is 2.29. The lowest BCUT2D eigenvalue weighted by Crippen LogP contribution is -2.39. The quantitative estimate of drug-likeness (QED) is 0.880. The first-order valence-electron chi connectivity index (χ1n) is 7.15. The second-order valence-electron chi connectivity index (χ2n) is 6.00. The Hall–Kier alpha value is -1.02. The fraction of sp³-hybridized carbons (Fsp3) is 0.625. The summed E-state index contributed by atoms with van der Waals surface area (Å²) in [5, 5.41) is 0. The highest BCUT2D eigenvalue weighted by Crippen LogP contribution is 2.37. The Morgan fingerprint density at radius 2 is 1.89 bits per heavy atom. The van der Waals surface area contributed by atoms with E-state index in [4.69, 9.17) is 5.73 Å². The van der Waals surface area contributed by atoms with E-state index in [1.165, 1.54) is 30.5 Å². The van der Waals surface area contributed by atoms with Crippen molar-refractivity contribution < 1.29 is 0 Å². The molecule has 2 heteroatoms. The van der Waals surface area contributed by atoms with E-state index in [1.54, 1.807) is 0 Å². The first kappa shape index (κ1) is 13.4. The average Bonchev–Trinajstić information content (AvgIpc) is 2.39. The van der Waals surface area contributed by atoms with Gasteiger partial charge < -0.3 is 10.6 Å². The highest BCUT2D eigenvalue weighted by atomic mass is 15.1. The Labute approximate surface area is 111 Å². The molecule has 1 aliphatic rings. The van der Waals surface area contributed by atoms with Crippen molar-refractivity contribution in [2.75, 3.05) is 18.0 Å². The van der Waals surface area contributed by atoms with E-state index in [0.717, 1.165) is 13.1 Å². The van der Waals surface area contributed by atoms with E-state index in [0.29, 0.717) is 5.41 Å². The summed E-state index contributed by atoms with van der Waals surface area (Å²) in [5.74, 6) is 0. The van der Waals surface area contributed by atoms with E-state index in [9.17, 15) is 0 Å². The first-order valence-corrected chi connectivity index (χ1v) is 7.15. The van der Waals surface area contributed by atoms with Crippen LogP contribution in [0.5, 0.6) is 0 Å². The van der Waals surface area contributed by atoms with Gasteiger partial charge in [-0.3, -0.25) is 0 Å². The predicted octanol–water partition coefficient (Wildman–Crippen LogP) is 3.72. The van der Waals surface area contributed by atoms with E-state index in [1.807, 2.05) is 0 Å². The topological polar surface area (TPSA) is 29.3 Å². The van der Waals surface area contributed by atoms with Crippen LogP contribution in [-0.2, 0) is 0 Å². The zero-order chi connectivity index (χ0) is 13.2. The summed E-state index contributed by atoms with van der Waals surface area (Å²) >= 11 is 0. The number of nitrogens with zero attached hydrogens (tertiary/aromatic N) is 1. The molecule has 1 fully saturated rings. The zero-order valence-corrected chi connectivity index (χ0v) is 11.9. The Kier molecular flexibility index (Phi) is 3.96. The van der Waals surface area contributed by atoms with E-state index in [2.05, 4.69) is 49.9 Å². The van der Waals surface area contributed by atoms with Gasteiger partial charge in [0, 0.05) is 24.8 Å². The lowest BCUT2D eigenvalue weighted by molar-refractivity contribution is 0.238. The molecule has 0 aromatic heterocycles. The van der Waals surface area contributed by atoms with Crippen molar-refractivity contribution in [1.82, 2.24) is 0 Å². The SMILES string of the molecule is CCC1(C)CCN(c2ccccc2[C@H](C)N)CC1. The van der Waals surface area contributed by atoms with Crippen LogP contribution >= 0.6 is 0 Å². The Bertz CT molecular complexity index is 390. The van der Waals surface area contributed by atoms with E-state index < -0.39 is 0 Å². The summed E-state index contributed by atoms with van der Waals surface area (Å²) in [5.41, 5.74) is 9.23. The molecular formula is C16H26N2. The molecule has 0 spiro atoms. The molecule has 2 nitrogen and oxygen atoms in total. The third-order valence-electron chi connectivity index (χ3n) is 4.59. The van der Waals surface area contributed by atoms with Crippen LogP contribution in [0.1, 0.15) is 51.6 Å². The third-order valence-corrected chi connectivity index (χ3v) is 4.59. The van der Waals surface area contributed by atoms with Gasteiger partial charge in [-0.25, -0.2) is 0 Å². The molecule has 0 radical (unpaired) electrons. The summed E-state index contributed by atoms with van der Waals surface area (Å²) in [6.07, 6.45) is 3.86. The Balaban J connectivity index is 2.15. The standard InChI is InChI=1S/C16H26N2/c1-4-16(3)9-11-18(12-10-16)15-8-6-5-7-14(15)13(2)17/h5-8,13H,4,9-12,17H2,1-3H3/t13-/m0/s1. The van der Waals surface area contributed by atoms with Crippen molar-refractivity contribution in [2.45, 2.75) is 46.1 Å². The van der Waals surface area contributed by atoms with Crippen molar-refractivity contribution >= 4 is 5.69 Å². The second-order valence-corrected chi connectivity index (χ2v) is 6.00. The maximum Gasteiger partial charge on any atom is 0.0414 e. The number of anilines is 1. The molecule has 18 heavy (non-hydrogen) atoms. The molecular weight excluding hydrogens is 220 g/mol. The minimum atomic E-state index is 0.112. The second kappa shape index (κ2) is 5.31. The summed E-state index contributed by atoms with van der Waals surface area (Å²) in [4.78, 5) is 2.51. The third kappa shape index (κ3) is 2.69. The first-order chi connectivity index (χ1) is 8.56. The molecule has 1 aliphatic heterocycles. The molecule has 0 unspecified atom stereocenters. The molecule has 1 heterocycles. The van der Waals surface area contributed by atoms with Crippen LogP contribution in [0.2, 0.25) is 0 Å². The summed E-state index contributed by atoms with van der Waals surface area (Å²) in [6.45, 7) is 9.12. The number of hydrogen-bond donors (Lipinski definition) is 1. The predicted molar refractivity (Wildman–Crippen MR) is 78.9 cm³/mol. The van der Waals surface area contributed by atoms with Crippen LogP contribution < -0.4 is 10.6 Å². The van der Waals surface area contributed by atoms with Gasteiger partial charge in [-0.1, -0.05) is 38.5 Å². The van der Waals surface area contributed by atoms with Crippen LogP contribution in [0.4, 0.5) is 5.69 Å². The molecule has 0 bridgehead atoms. The Morgan fingerprint density at radius 3 is 2.44 bits per heavy atom. The highest BCUT2D eigenvalue weighted by molar-refractivity contribution is 5.55. The normalized spacial score (nSPS) is 20.8. The number of benzene rings is 1. The molecule has 1 saturated heterocycles. The number of rotatable bonds is 3. The molecule has 0 aliphatic carbocycles. The average molecular weight is 246 g/mol. The summed E-state index contributed by atoms with van der Waals surface area (Å²) in [7, 11) is 0. The Morgan fingerprint density at radius 1 is 1.28 bits per heavy atom. The van der Waals surface area contributed by atoms with Gasteiger partial charge in [-0.2, -0.15) is 0 Å². The maximum atomic E-state index is 6.07. The minimum Gasteiger partial charge on any atom is -0.371 e. The molecule has 2 N–H and O–H groups in total. The van der Waals surface area contributed by atoms with Crippen LogP contribution in [0, 0.1) is 5.41 Å². The fourth-order valence-corrected chi connectivity index (χ4v) is 2.80. The van der Waals surface area contributed by atoms with Crippen LogP contribution in [0.3, 0.4) is 0 Å². The number of nitrogens with two attached hydrogens (primary N) is 1. The van der Waals surface area contributed by atoms with E-state index in [-0.39, 0.29) is 6.04 Å². The lowest BCUT2D eigenvalue weighted by atomic mass is 9.78. The zero-order valence-electron chi connectivity index (χ0n) is 11.9. The van der Waals surface area contributed by atoms with Gasteiger partial charge in [0.15, 0.2) is 0 Å². The van der Waals surface area contributed by atoms with Gasteiger partial charge in [-0.15, -0.1) is 0 Å². The van der Waals surface area contributed by atoms with Crippen molar-refractivity contribution in [3.8, 4) is 0 Å². The molecule has 1 atom stereocenters. The molecule has 100 valence electrons. The minimum absolute atomic E-state index is 0.112. The maximum absolute atomic E-state index is 6.07. The summed E-state index contributed by atoms with van der Waals surface area (Å²) in [6, 6.07) is 8.69. The molecule has 2 rings (SSSR count). The van der Waals surface area contributed by atoms with Gasteiger partial charge in [0.05, 0.1) is 0 Å². The fourth-order valence-electron chi connectivity index (χ4n) is 2.80. The van der Waals surface area contributed by atoms with Gasteiger partial charge in [0.2, 0.25) is 0 Å². The van der Waals surface area contributed by atoms with Crippen molar-refractivity contribution in [3.63, 3.8) is 0 Å².